The summed E-state index contributed by atoms with van der Waals surface area (Å²) in [6.45, 7) is 0. The van der Waals surface area contributed by atoms with Crippen molar-refractivity contribution >= 4 is 56.0 Å². The zero-order valence-corrected chi connectivity index (χ0v) is 16.9. The SMILES string of the molecule is O=c1c2c3c(sc2ncn1/N=C/c1cc(I)c(O)c([N+](=O)[O-])c1)CCCC3. The Labute approximate surface area is 170 Å². The lowest BCUT2D eigenvalue weighted by Crippen LogP contribution is -2.18. The van der Waals surface area contributed by atoms with E-state index in [2.05, 4.69) is 10.1 Å². The molecule has 2 heterocycles. The van der Waals surface area contributed by atoms with Crippen molar-refractivity contribution < 1.29 is 10.0 Å². The van der Waals surface area contributed by atoms with Crippen LogP contribution in [0, 0.1) is 13.7 Å². The lowest BCUT2D eigenvalue weighted by Gasteiger charge is -2.09. The van der Waals surface area contributed by atoms with Crippen molar-refractivity contribution in [1.82, 2.24) is 9.66 Å². The number of phenols is 1. The van der Waals surface area contributed by atoms with Crippen LogP contribution in [0.5, 0.6) is 5.75 Å². The molecule has 0 fully saturated rings. The molecule has 0 spiro atoms. The van der Waals surface area contributed by atoms with E-state index in [-0.39, 0.29) is 11.3 Å². The maximum Gasteiger partial charge on any atom is 0.312 e. The quantitative estimate of drug-likeness (QED) is 0.259. The molecule has 3 aromatic rings. The second-order valence-electron chi connectivity index (χ2n) is 6.16. The van der Waals surface area contributed by atoms with Crippen molar-refractivity contribution in [3.8, 4) is 5.75 Å². The average Bonchev–Trinajstić information content (AvgIpc) is 3.02. The number of benzene rings is 1. The lowest BCUT2D eigenvalue weighted by atomic mass is 9.97. The van der Waals surface area contributed by atoms with E-state index in [1.54, 1.807) is 17.4 Å². The summed E-state index contributed by atoms with van der Waals surface area (Å²) >= 11 is 3.37. The molecule has 0 radical (unpaired) electrons. The number of halogens is 1. The first kappa shape index (κ1) is 18.0. The highest BCUT2D eigenvalue weighted by atomic mass is 127. The third-order valence-corrected chi connectivity index (χ3v) is 6.47. The van der Waals surface area contributed by atoms with Crippen LogP contribution in [0.15, 0.2) is 28.4 Å². The summed E-state index contributed by atoms with van der Waals surface area (Å²) in [5.74, 6) is -0.386. The van der Waals surface area contributed by atoms with E-state index >= 15 is 0 Å². The van der Waals surface area contributed by atoms with Gasteiger partial charge in [0.25, 0.3) is 5.56 Å². The van der Waals surface area contributed by atoms with Gasteiger partial charge in [-0.05, 0) is 59.9 Å². The predicted molar refractivity (Wildman–Crippen MR) is 111 cm³/mol. The number of nitrogens with zero attached hydrogens (tertiary/aromatic N) is 4. The molecule has 1 aliphatic carbocycles. The highest BCUT2D eigenvalue weighted by Crippen LogP contribution is 2.33. The molecule has 1 N–H and O–H groups in total. The van der Waals surface area contributed by atoms with Gasteiger partial charge in [0.2, 0.25) is 5.75 Å². The molecule has 2 aromatic heterocycles. The standard InChI is InChI=1S/C17H13IN4O4S/c18-11-5-9(6-12(15(11)23)22(25)26)7-20-21-8-19-16-14(17(21)24)10-3-1-2-4-13(10)27-16/h5-8,23H,1-4H2/b20-7+. The van der Waals surface area contributed by atoms with Gasteiger partial charge in [-0.3, -0.25) is 14.9 Å². The number of nitro benzene ring substituents is 1. The van der Waals surface area contributed by atoms with Crippen LogP contribution in [0.25, 0.3) is 10.2 Å². The fourth-order valence-corrected chi connectivity index (χ4v) is 5.02. The van der Waals surface area contributed by atoms with Crippen molar-refractivity contribution in [2.75, 3.05) is 0 Å². The molecule has 0 unspecified atom stereocenters. The van der Waals surface area contributed by atoms with Crippen molar-refractivity contribution in [2.45, 2.75) is 25.7 Å². The molecule has 0 saturated heterocycles. The number of nitro groups is 1. The molecule has 8 nitrogen and oxygen atoms in total. The largest absolute Gasteiger partial charge is 0.501 e. The molecule has 1 aliphatic rings. The molecular formula is C17H13IN4O4S. The summed E-state index contributed by atoms with van der Waals surface area (Å²) in [6.07, 6.45) is 6.76. The number of rotatable bonds is 3. The van der Waals surface area contributed by atoms with Gasteiger partial charge in [0.1, 0.15) is 11.2 Å². The van der Waals surface area contributed by atoms with Crippen LogP contribution in [0.3, 0.4) is 0 Å². The lowest BCUT2D eigenvalue weighted by molar-refractivity contribution is -0.386. The predicted octanol–water partition coefficient (Wildman–Crippen LogP) is 3.44. The fraction of sp³-hybridized carbons (Fsp3) is 0.235. The molecule has 0 bridgehead atoms. The Hall–Kier alpha value is -2.34. The fourth-order valence-electron chi connectivity index (χ4n) is 3.17. The summed E-state index contributed by atoms with van der Waals surface area (Å²) in [6, 6.07) is 2.76. The molecule has 4 rings (SSSR count). The van der Waals surface area contributed by atoms with Crippen LogP contribution in [0.4, 0.5) is 5.69 Å². The number of aromatic nitrogens is 2. The summed E-state index contributed by atoms with van der Waals surface area (Å²) in [5, 5.41) is 25.6. The van der Waals surface area contributed by atoms with Crippen LogP contribution in [-0.2, 0) is 12.8 Å². The first-order valence-electron chi connectivity index (χ1n) is 8.19. The van der Waals surface area contributed by atoms with Gasteiger partial charge in [0.15, 0.2) is 0 Å². The van der Waals surface area contributed by atoms with E-state index in [0.717, 1.165) is 40.8 Å². The topological polar surface area (TPSA) is 111 Å². The molecule has 0 aliphatic heterocycles. The monoisotopic (exact) mass is 496 g/mol. The summed E-state index contributed by atoms with van der Waals surface area (Å²) in [4.78, 5) is 29.5. The highest BCUT2D eigenvalue weighted by Gasteiger charge is 2.20. The van der Waals surface area contributed by atoms with Gasteiger partial charge in [0.05, 0.1) is 20.1 Å². The molecule has 27 heavy (non-hydrogen) atoms. The minimum atomic E-state index is -0.660. The van der Waals surface area contributed by atoms with E-state index in [1.807, 2.05) is 22.6 Å². The van der Waals surface area contributed by atoms with E-state index in [1.165, 1.54) is 23.5 Å². The number of phenolic OH excluding ortho intramolecular Hbond substituents is 1. The maximum absolute atomic E-state index is 12.8. The Morgan fingerprint density at radius 2 is 2.15 bits per heavy atom. The van der Waals surface area contributed by atoms with Crippen LogP contribution < -0.4 is 5.56 Å². The second-order valence-corrected chi connectivity index (χ2v) is 8.40. The minimum absolute atomic E-state index is 0.237. The minimum Gasteiger partial charge on any atom is -0.501 e. The summed E-state index contributed by atoms with van der Waals surface area (Å²) in [5.41, 5.74) is 0.844. The Kier molecular flexibility index (Phi) is 4.68. The number of aryl methyl sites for hydroxylation is 2. The second kappa shape index (κ2) is 7.00. The van der Waals surface area contributed by atoms with Crippen LogP contribution in [-0.4, -0.2) is 25.9 Å². The van der Waals surface area contributed by atoms with Gasteiger partial charge in [-0.2, -0.15) is 9.78 Å². The van der Waals surface area contributed by atoms with Gasteiger partial charge >= 0.3 is 5.69 Å². The van der Waals surface area contributed by atoms with E-state index in [9.17, 15) is 20.0 Å². The number of fused-ring (bicyclic) bond motifs is 3. The van der Waals surface area contributed by atoms with Gasteiger partial charge in [-0.25, -0.2) is 4.98 Å². The molecule has 0 amide bonds. The third kappa shape index (κ3) is 3.23. The molecule has 138 valence electrons. The molecule has 0 atom stereocenters. The highest BCUT2D eigenvalue weighted by molar-refractivity contribution is 14.1. The van der Waals surface area contributed by atoms with E-state index < -0.39 is 10.6 Å². The molecule has 0 saturated carbocycles. The van der Waals surface area contributed by atoms with Crippen LogP contribution in [0.1, 0.15) is 28.8 Å². The van der Waals surface area contributed by atoms with Crippen molar-refractivity contribution in [1.29, 1.82) is 0 Å². The number of aromatic hydroxyl groups is 1. The van der Waals surface area contributed by atoms with Crippen LogP contribution in [0.2, 0.25) is 0 Å². The van der Waals surface area contributed by atoms with E-state index in [4.69, 9.17) is 0 Å². The van der Waals surface area contributed by atoms with Gasteiger partial charge in [0, 0.05) is 16.5 Å². The van der Waals surface area contributed by atoms with Gasteiger partial charge in [-0.15, -0.1) is 11.3 Å². The van der Waals surface area contributed by atoms with Crippen molar-refractivity contribution in [3.05, 3.63) is 58.5 Å². The van der Waals surface area contributed by atoms with Crippen molar-refractivity contribution in [2.24, 2.45) is 5.10 Å². The molecule has 1 aromatic carbocycles. The Bertz CT molecular complexity index is 1170. The van der Waals surface area contributed by atoms with Gasteiger partial charge < -0.3 is 5.11 Å². The third-order valence-electron chi connectivity index (χ3n) is 4.45. The maximum atomic E-state index is 12.8. The van der Waals surface area contributed by atoms with E-state index in [0.29, 0.717) is 14.5 Å². The first-order valence-corrected chi connectivity index (χ1v) is 10.1. The summed E-state index contributed by atoms with van der Waals surface area (Å²) < 4.78 is 1.48. The number of hydrogen-bond donors (Lipinski definition) is 1. The Balaban J connectivity index is 1.77. The zero-order chi connectivity index (χ0) is 19.1. The number of thiophene rings is 1. The normalized spacial score (nSPS) is 14.0. The van der Waals surface area contributed by atoms with Crippen molar-refractivity contribution in [3.63, 3.8) is 0 Å². The smallest absolute Gasteiger partial charge is 0.312 e. The Morgan fingerprint density at radius 3 is 2.93 bits per heavy atom. The average molecular weight is 496 g/mol. The number of hydrogen-bond acceptors (Lipinski definition) is 7. The van der Waals surface area contributed by atoms with Gasteiger partial charge in [-0.1, -0.05) is 0 Å². The van der Waals surface area contributed by atoms with Crippen LogP contribution >= 0.6 is 33.9 Å². The Morgan fingerprint density at radius 1 is 1.37 bits per heavy atom. The molecular weight excluding hydrogens is 483 g/mol. The summed E-state index contributed by atoms with van der Waals surface area (Å²) in [7, 11) is 0. The molecule has 10 heteroatoms. The zero-order valence-electron chi connectivity index (χ0n) is 13.9. The first-order chi connectivity index (χ1) is 13.0.